The van der Waals surface area contributed by atoms with Gasteiger partial charge >= 0.3 is 24.7 Å². The maximum absolute atomic E-state index is 12.2. The molecule has 0 atom stereocenters. The number of amidine groups is 4. The Balaban J connectivity index is 0.000000380. The Morgan fingerprint density at radius 3 is 0.921 bits per heavy atom. The van der Waals surface area contributed by atoms with E-state index in [1.165, 1.54) is 0 Å². The quantitative estimate of drug-likeness (QED) is 0.205. The summed E-state index contributed by atoms with van der Waals surface area (Å²) in [5, 5.41) is 14.4. The molecule has 0 spiro atoms. The van der Waals surface area contributed by atoms with Crippen LogP contribution in [0.3, 0.4) is 0 Å². The van der Waals surface area contributed by atoms with E-state index in [4.69, 9.17) is 10.8 Å². The van der Waals surface area contributed by atoms with Gasteiger partial charge in [-0.15, -0.1) is 0 Å². The lowest BCUT2D eigenvalue weighted by Gasteiger charge is -2.08. The summed E-state index contributed by atoms with van der Waals surface area (Å²) in [4.78, 5) is 5.56. The van der Waals surface area contributed by atoms with Gasteiger partial charge < -0.3 is 11.5 Å². The van der Waals surface area contributed by atoms with Crippen LogP contribution in [0.2, 0.25) is 0 Å². The summed E-state index contributed by atoms with van der Waals surface area (Å²) in [5.74, 6) is -5.22. The van der Waals surface area contributed by atoms with Gasteiger partial charge in [0.25, 0.3) is 0 Å². The summed E-state index contributed by atoms with van der Waals surface area (Å²) in [5.41, 5.74) is 6.82. The fourth-order valence-corrected chi connectivity index (χ4v) is 2.13. The van der Waals surface area contributed by atoms with Crippen molar-refractivity contribution in [3.8, 4) is 0 Å². The minimum Gasteiger partial charge on any atom is -0.380 e. The van der Waals surface area contributed by atoms with Crippen LogP contribution in [-0.2, 0) is 12.4 Å². The molecule has 2 aromatic carbocycles. The first-order valence-electron chi connectivity index (χ1n) is 9.38. The molecule has 18 heteroatoms. The zero-order valence-electron chi connectivity index (χ0n) is 18.2. The average Bonchev–Trinajstić information content (AvgIpc) is 2.77. The second kappa shape index (κ2) is 11.5. The van der Waals surface area contributed by atoms with Gasteiger partial charge in [0, 0.05) is 11.1 Å². The minimum atomic E-state index is -4.89. The van der Waals surface area contributed by atoms with Gasteiger partial charge in [-0.25, -0.2) is 9.98 Å². The molecule has 6 nitrogen and oxygen atoms in total. The second-order valence-electron chi connectivity index (χ2n) is 6.84. The van der Waals surface area contributed by atoms with Crippen LogP contribution in [0.1, 0.15) is 22.3 Å². The molecule has 0 amide bonds. The fraction of sp³-hybridized carbons (Fsp3) is 0.200. The van der Waals surface area contributed by atoms with Crippen LogP contribution in [-0.4, -0.2) is 35.7 Å². The summed E-state index contributed by atoms with van der Waals surface area (Å²) >= 11 is 0. The van der Waals surface area contributed by atoms with Crippen molar-refractivity contribution in [2.75, 3.05) is 0 Å². The van der Waals surface area contributed by atoms with Crippen molar-refractivity contribution in [3.05, 3.63) is 70.8 Å². The van der Waals surface area contributed by atoms with E-state index in [2.05, 4.69) is 21.5 Å². The Morgan fingerprint density at radius 2 is 0.737 bits per heavy atom. The molecule has 208 valence electrons. The first-order chi connectivity index (χ1) is 17.0. The summed E-state index contributed by atoms with van der Waals surface area (Å²) in [7, 11) is 0. The van der Waals surface area contributed by atoms with E-state index in [9.17, 15) is 52.7 Å². The van der Waals surface area contributed by atoms with Gasteiger partial charge in [0.05, 0.1) is 11.1 Å². The molecule has 0 aliphatic carbocycles. The van der Waals surface area contributed by atoms with E-state index in [0.29, 0.717) is 24.3 Å². The zero-order valence-corrected chi connectivity index (χ0v) is 18.2. The van der Waals surface area contributed by atoms with E-state index in [1.54, 1.807) is 0 Å². The predicted molar refractivity (Wildman–Crippen MR) is 112 cm³/mol. The van der Waals surface area contributed by atoms with Gasteiger partial charge in [0.2, 0.25) is 11.7 Å². The molecule has 0 heterocycles. The minimum absolute atomic E-state index is 0.208. The lowest BCUT2D eigenvalue weighted by Crippen LogP contribution is -2.32. The standard InChI is InChI=1S/2C10H7F6N3/c2*11-9(12,13)6-3-1-5(2-4-6)7(17)19-8(18)10(14,15)16/h2*1-4H,(H3,17,18,19). The Hall–Kier alpha value is -4.12. The molecule has 0 fully saturated rings. The van der Waals surface area contributed by atoms with Crippen molar-refractivity contribution in [3.63, 3.8) is 0 Å². The molecule has 0 radical (unpaired) electrons. The zero-order chi connectivity index (χ0) is 29.7. The number of rotatable bonds is 2. The Bertz CT molecular complexity index is 1090. The van der Waals surface area contributed by atoms with Crippen molar-refractivity contribution in [2.45, 2.75) is 24.7 Å². The molecule has 6 N–H and O–H groups in total. The molecule has 0 aliphatic heterocycles. The summed E-state index contributed by atoms with van der Waals surface area (Å²) in [6, 6.07) is 5.95. The maximum atomic E-state index is 12.2. The highest BCUT2D eigenvalue weighted by molar-refractivity contribution is 6.06. The van der Waals surface area contributed by atoms with Gasteiger partial charge in [-0.2, -0.15) is 52.7 Å². The normalized spacial score (nSPS) is 13.5. The number of alkyl halides is 12. The largest absolute Gasteiger partial charge is 0.449 e. The van der Waals surface area contributed by atoms with Crippen LogP contribution in [0.4, 0.5) is 52.7 Å². The number of hydrogen-bond donors (Lipinski definition) is 4. The highest BCUT2D eigenvalue weighted by Crippen LogP contribution is 2.30. The highest BCUT2D eigenvalue weighted by Gasteiger charge is 2.35. The third kappa shape index (κ3) is 9.74. The Kier molecular flexibility index (Phi) is 9.67. The summed E-state index contributed by atoms with van der Waals surface area (Å²) < 4.78 is 146. The number of aliphatic imine (C=N–C) groups is 2. The number of nitrogens with two attached hydrogens (primary N) is 2. The second-order valence-corrected chi connectivity index (χ2v) is 6.84. The smallest absolute Gasteiger partial charge is 0.380 e. The summed E-state index contributed by atoms with van der Waals surface area (Å²) in [6.07, 6.45) is -18.9. The molecule has 2 rings (SSSR count). The van der Waals surface area contributed by atoms with E-state index in [-0.39, 0.29) is 11.1 Å². The number of nitrogens with one attached hydrogen (secondary N) is 2. The van der Waals surface area contributed by atoms with E-state index < -0.39 is 59.2 Å². The van der Waals surface area contributed by atoms with Crippen LogP contribution in [0, 0.1) is 10.8 Å². The van der Waals surface area contributed by atoms with Crippen LogP contribution in [0.15, 0.2) is 58.5 Å². The number of halogens is 12. The first-order valence-corrected chi connectivity index (χ1v) is 9.38. The van der Waals surface area contributed by atoms with E-state index in [0.717, 1.165) is 24.3 Å². The lowest BCUT2D eigenvalue weighted by atomic mass is 10.1. The lowest BCUT2D eigenvalue weighted by molar-refractivity contribution is -0.138. The van der Waals surface area contributed by atoms with E-state index in [1.807, 2.05) is 0 Å². The molecular weight excluding hydrogens is 552 g/mol. The maximum Gasteiger partial charge on any atom is 0.449 e. The molecule has 0 bridgehead atoms. The fourth-order valence-electron chi connectivity index (χ4n) is 2.13. The molecule has 2 aromatic rings. The SMILES string of the molecule is N=C(N=C(N)C(F)(F)F)c1ccc(C(F)(F)F)cc1.N=C(N=C(N)C(F)(F)F)c1ccc(C(F)(F)F)cc1. The van der Waals surface area contributed by atoms with Gasteiger partial charge in [-0.3, -0.25) is 10.8 Å². The number of hydrogen-bond acceptors (Lipinski definition) is 2. The van der Waals surface area contributed by atoms with Crippen LogP contribution < -0.4 is 11.5 Å². The van der Waals surface area contributed by atoms with Crippen molar-refractivity contribution >= 4 is 23.3 Å². The van der Waals surface area contributed by atoms with Gasteiger partial charge in [0.1, 0.15) is 0 Å². The molecule has 0 saturated carbocycles. The predicted octanol–water partition coefficient (Wildman–Crippen LogP) is 5.90. The van der Waals surface area contributed by atoms with Crippen molar-refractivity contribution in [1.82, 2.24) is 0 Å². The molecule has 0 aliphatic rings. The van der Waals surface area contributed by atoms with Gasteiger partial charge in [0.15, 0.2) is 11.7 Å². The van der Waals surface area contributed by atoms with Gasteiger partial charge in [-0.1, -0.05) is 24.3 Å². The average molecular weight is 566 g/mol. The topological polar surface area (TPSA) is 124 Å². The Morgan fingerprint density at radius 1 is 0.500 bits per heavy atom. The summed E-state index contributed by atoms with van der Waals surface area (Å²) in [6.45, 7) is 0. The third-order valence-corrected chi connectivity index (χ3v) is 4.02. The van der Waals surface area contributed by atoms with Crippen molar-refractivity contribution in [2.24, 2.45) is 21.5 Å². The number of nitrogens with zero attached hydrogens (tertiary/aromatic N) is 2. The Labute approximate surface area is 204 Å². The third-order valence-electron chi connectivity index (χ3n) is 4.02. The molecule has 0 aromatic heterocycles. The monoisotopic (exact) mass is 566 g/mol. The molecule has 0 unspecified atom stereocenters. The van der Waals surface area contributed by atoms with Crippen molar-refractivity contribution < 1.29 is 52.7 Å². The highest BCUT2D eigenvalue weighted by atomic mass is 19.4. The van der Waals surface area contributed by atoms with E-state index >= 15 is 0 Å². The molecule has 0 saturated heterocycles. The van der Waals surface area contributed by atoms with Gasteiger partial charge in [-0.05, 0) is 24.3 Å². The first kappa shape index (κ1) is 31.9. The molecule has 38 heavy (non-hydrogen) atoms. The van der Waals surface area contributed by atoms with Crippen LogP contribution in [0.25, 0.3) is 0 Å². The van der Waals surface area contributed by atoms with Crippen LogP contribution in [0.5, 0.6) is 0 Å². The molecular formula is C20H14F12N6. The number of benzene rings is 2. The van der Waals surface area contributed by atoms with Crippen molar-refractivity contribution in [1.29, 1.82) is 10.8 Å². The van der Waals surface area contributed by atoms with Crippen LogP contribution >= 0.6 is 0 Å².